The van der Waals surface area contributed by atoms with Crippen molar-refractivity contribution in [1.82, 2.24) is 0 Å². The first-order chi connectivity index (χ1) is 12.8. The first-order valence-corrected chi connectivity index (χ1v) is 7.15. The van der Waals surface area contributed by atoms with Crippen LogP contribution in [0, 0.1) is 32.5 Å². The van der Waals surface area contributed by atoms with E-state index in [2.05, 4.69) is 0 Å². The zero-order chi connectivity index (χ0) is 24.0. The van der Waals surface area contributed by atoms with Gasteiger partial charge in [-0.3, -0.25) is 0 Å². The van der Waals surface area contributed by atoms with E-state index in [0.29, 0.717) is 0 Å². The van der Waals surface area contributed by atoms with Crippen LogP contribution < -0.4 is 0 Å². The molecular formula is C12F18. The Labute approximate surface area is 150 Å². The van der Waals surface area contributed by atoms with Crippen molar-refractivity contribution in [3.63, 3.8) is 0 Å². The van der Waals surface area contributed by atoms with Crippen LogP contribution in [0.15, 0.2) is 0 Å². The third kappa shape index (κ3) is 1.05. The highest BCUT2D eigenvalue weighted by Gasteiger charge is 3.55. The molecule has 0 unspecified atom stereocenters. The molecule has 5 rings (SSSR count). The molecule has 0 atom stereocenters. The van der Waals surface area contributed by atoms with Crippen LogP contribution in [-0.4, -0.2) is 37.1 Å². The van der Waals surface area contributed by atoms with Gasteiger partial charge in [-0.25, -0.2) is 0 Å². The molecule has 0 N–H and O–H groups in total. The van der Waals surface area contributed by atoms with Gasteiger partial charge in [0.2, 0.25) is 0 Å². The Hall–Kier alpha value is -1.26. The summed E-state index contributed by atoms with van der Waals surface area (Å²) < 4.78 is 242. The second kappa shape index (κ2) is 3.96. The van der Waals surface area contributed by atoms with Crippen LogP contribution in [0.1, 0.15) is 0 Å². The smallest absolute Gasteiger partial charge is 0.170 e. The fourth-order valence-corrected chi connectivity index (χ4v) is 8.14. The SMILES string of the molecule is FC(F)(F)C12C3(C(F)(F)F)C1(C(F)(F)F)C1(C(F)(F)F)C2(C(F)(F)F)C31C(F)(F)F. The van der Waals surface area contributed by atoms with Gasteiger partial charge in [-0.15, -0.1) is 0 Å². The lowest BCUT2D eigenvalue weighted by Gasteiger charge is -2.50. The fourth-order valence-electron chi connectivity index (χ4n) is 8.14. The Morgan fingerprint density at radius 2 is 0.267 bits per heavy atom. The van der Waals surface area contributed by atoms with Crippen LogP contribution in [0.3, 0.4) is 0 Å². The summed E-state index contributed by atoms with van der Waals surface area (Å²) in [6, 6.07) is 0. The van der Waals surface area contributed by atoms with Crippen LogP contribution in [0.2, 0.25) is 0 Å². The van der Waals surface area contributed by atoms with Gasteiger partial charge >= 0.3 is 37.1 Å². The van der Waals surface area contributed by atoms with E-state index in [1.54, 1.807) is 0 Å². The number of rotatable bonds is 0. The quantitative estimate of drug-likeness (QED) is 0.351. The van der Waals surface area contributed by atoms with Gasteiger partial charge in [0.25, 0.3) is 0 Å². The molecule has 0 radical (unpaired) electrons. The predicted octanol–water partition coefficient (Wildman–Crippen LogP) is 6.33. The van der Waals surface area contributed by atoms with Gasteiger partial charge in [0.15, 0.2) is 0 Å². The molecule has 5 aliphatic carbocycles. The first-order valence-electron chi connectivity index (χ1n) is 7.15. The summed E-state index contributed by atoms with van der Waals surface area (Å²) in [6.45, 7) is 0. The second-order valence-electron chi connectivity index (χ2n) is 7.49. The Bertz CT molecular complexity index is 617. The monoisotopic (exact) mass is 486 g/mol. The Morgan fingerprint density at radius 1 is 0.200 bits per heavy atom. The van der Waals surface area contributed by atoms with Crippen molar-refractivity contribution in [2.45, 2.75) is 37.1 Å². The molecule has 0 aromatic rings. The minimum absolute atomic E-state index is 6.42. The van der Waals surface area contributed by atoms with Crippen LogP contribution in [0.25, 0.3) is 0 Å². The van der Waals surface area contributed by atoms with E-state index in [-0.39, 0.29) is 0 Å². The lowest BCUT2D eigenvalue weighted by atomic mass is 9.55. The molecule has 18 heteroatoms. The van der Waals surface area contributed by atoms with Gasteiger partial charge < -0.3 is 0 Å². The van der Waals surface area contributed by atoms with E-state index in [1.165, 1.54) is 0 Å². The van der Waals surface area contributed by atoms with E-state index in [9.17, 15) is 79.0 Å². The summed E-state index contributed by atoms with van der Waals surface area (Å²) in [4.78, 5) is 0. The van der Waals surface area contributed by atoms with E-state index < -0.39 is 69.5 Å². The third-order valence-corrected chi connectivity index (χ3v) is 7.49. The molecule has 5 aliphatic rings. The zero-order valence-corrected chi connectivity index (χ0v) is 12.8. The molecule has 0 spiro atoms. The minimum atomic E-state index is -7.37. The van der Waals surface area contributed by atoms with Gasteiger partial charge in [-0.05, 0) is 0 Å². The third-order valence-electron chi connectivity index (χ3n) is 7.49. The average molecular weight is 486 g/mol. The van der Waals surface area contributed by atoms with Crippen LogP contribution in [0.4, 0.5) is 79.0 Å². The largest absolute Gasteiger partial charge is 0.397 e. The lowest BCUT2D eigenvalue weighted by molar-refractivity contribution is -0.414. The Balaban J connectivity index is 2.28. The number of halogens is 18. The van der Waals surface area contributed by atoms with Crippen molar-refractivity contribution in [1.29, 1.82) is 0 Å². The maximum atomic E-state index is 13.4. The molecule has 5 fully saturated rings. The van der Waals surface area contributed by atoms with Gasteiger partial charge in [-0.1, -0.05) is 0 Å². The number of hydrogen-bond acceptors (Lipinski definition) is 0. The van der Waals surface area contributed by atoms with Crippen molar-refractivity contribution in [3.8, 4) is 0 Å². The molecule has 30 heavy (non-hydrogen) atoms. The minimum Gasteiger partial charge on any atom is -0.170 e. The van der Waals surface area contributed by atoms with Gasteiger partial charge in [-0.2, -0.15) is 79.0 Å². The Kier molecular flexibility index (Phi) is 2.90. The van der Waals surface area contributed by atoms with Gasteiger partial charge in [0.1, 0.15) is 32.5 Å². The molecule has 0 amide bonds. The molecule has 0 nitrogen and oxygen atoms in total. The zero-order valence-electron chi connectivity index (χ0n) is 12.8. The Morgan fingerprint density at radius 3 is 0.300 bits per heavy atom. The van der Waals surface area contributed by atoms with Crippen LogP contribution in [-0.2, 0) is 0 Å². The molecule has 0 aromatic heterocycles. The molecule has 0 aliphatic heterocycles. The molecule has 174 valence electrons. The summed E-state index contributed by atoms with van der Waals surface area (Å²) in [7, 11) is 0. The summed E-state index contributed by atoms with van der Waals surface area (Å²) in [5.74, 6) is 0. The maximum Gasteiger partial charge on any atom is 0.397 e. The molecule has 0 saturated heterocycles. The van der Waals surface area contributed by atoms with Crippen molar-refractivity contribution in [2.75, 3.05) is 0 Å². The van der Waals surface area contributed by atoms with Crippen molar-refractivity contribution in [3.05, 3.63) is 0 Å². The lowest BCUT2D eigenvalue weighted by Crippen LogP contribution is -2.67. The predicted molar refractivity (Wildman–Crippen MR) is 50.9 cm³/mol. The van der Waals surface area contributed by atoms with Crippen molar-refractivity contribution < 1.29 is 79.0 Å². The van der Waals surface area contributed by atoms with Crippen molar-refractivity contribution >= 4 is 0 Å². The van der Waals surface area contributed by atoms with E-state index >= 15 is 0 Å². The normalized spacial score (nSPS) is 49.8. The fraction of sp³-hybridized carbons (Fsp3) is 1.00. The summed E-state index contributed by atoms with van der Waals surface area (Å²) in [5.41, 5.74) is -38.5. The topological polar surface area (TPSA) is 0 Å². The number of alkyl halides is 18. The summed E-state index contributed by atoms with van der Waals surface area (Å²) in [5, 5.41) is 0. The number of hydrogen-bond donors (Lipinski definition) is 0. The van der Waals surface area contributed by atoms with Gasteiger partial charge in [0.05, 0.1) is 0 Å². The second-order valence-corrected chi connectivity index (χ2v) is 7.49. The standard InChI is InChI=1S/C12F18/c13-7(14,15)1-2(8(16,17)18)3(1,9(19,20)21)6(12(28,29)30)4(1,10(22,23)24)5(2,6)11(25,26)27. The average Bonchev–Trinajstić information content (AvgIpc) is 2.81. The highest BCUT2D eigenvalue weighted by molar-refractivity contribution is 5.85. The van der Waals surface area contributed by atoms with E-state index in [0.717, 1.165) is 0 Å². The van der Waals surface area contributed by atoms with Crippen LogP contribution in [0.5, 0.6) is 0 Å². The van der Waals surface area contributed by atoms with E-state index in [4.69, 9.17) is 0 Å². The summed E-state index contributed by atoms with van der Waals surface area (Å²) >= 11 is 0. The van der Waals surface area contributed by atoms with Gasteiger partial charge in [0, 0.05) is 0 Å². The molecule has 0 aromatic carbocycles. The highest BCUT2D eigenvalue weighted by atomic mass is 19.4. The molecular weight excluding hydrogens is 486 g/mol. The molecule has 0 heterocycles. The van der Waals surface area contributed by atoms with E-state index in [1.807, 2.05) is 0 Å². The molecule has 5 saturated carbocycles. The maximum absolute atomic E-state index is 13.4. The highest BCUT2D eigenvalue weighted by Crippen LogP contribution is 3.40. The van der Waals surface area contributed by atoms with Crippen LogP contribution >= 0.6 is 0 Å². The summed E-state index contributed by atoms with van der Waals surface area (Å²) in [6.07, 6.45) is -44.2. The van der Waals surface area contributed by atoms with Crippen molar-refractivity contribution in [2.24, 2.45) is 32.5 Å². The first kappa shape index (κ1) is 22.0. The molecule has 0 bridgehead atoms.